The summed E-state index contributed by atoms with van der Waals surface area (Å²) in [6.07, 6.45) is 3.08. The highest BCUT2D eigenvalue weighted by Gasteiger charge is 2.50. The lowest BCUT2D eigenvalue weighted by Crippen LogP contribution is -2.44. The highest BCUT2D eigenvalue weighted by Crippen LogP contribution is 2.46. The number of ether oxygens (including phenoxy) is 1. The van der Waals surface area contributed by atoms with Gasteiger partial charge in [-0.15, -0.1) is 0 Å². The summed E-state index contributed by atoms with van der Waals surface area (Å²) in [4.78, 5) is 0.0119. The molecule has 1 aliphatic heterocycles. The molecule has 2 aliphatic rings. The summed E-state index contributed by atoms with van der Waals surface area (Å²) < 4.78 is 32.6. The van der Waals surface area contributed by atoms with Gasteiger partial charge >= 0.3 is 0 Å². The topological polar surface area (TPSA) is 66.8 Å². The molecule has 0 bridgehead atoms. The summed E-state index contributed by atoms with van der Waals surface area (Å²) in [6, 6.07) is 2.87. The van der Waals surface area contributed by atoms with E-state index in [0.717, 1.165) is 25.7 Å². The Morgan fingerprint density at radius 1 is 1.35 bits per heavy atom. The normalized spacial score (nSPS) is 24.4. The second kappa shape index (κ2) is 6.08. The van der Waals surface area contributed by atoms with Crippen LogP contribution in [-0.2, 0) is 10.0 Å². The molecule has 1 aromatic carbocycles. The van der Waals surface area contributed by atoms with Gasteiger partial charge in [0.05, 0.1) is 17.7 Å². The summed E-state index contributed by atoms with van der Waals surface area (Å²) in [7, 11) is -2.39. The molecular formula is C15H19Cl2NO4S. The Bertz CT molecular complexity index is 718. The third-order valence-electron chi connectivity index (χ3n) is 4.74. The van der Waals surface area contributed by atoms with Crippen molar-refractivity contribution in [3.8, 4) is 5.75 Å². The molecule has 3 rings (SSSR count). The molecule has 1 atom stereocenters. The molecule has 23 heavy (non-hydrogen) atoms. The van der Waals surface area contributed by atoms with E-state index in [-0.39, 0.29) is 26.6 Å². The molecule has 1 saturated heterocycles. The third kappa shape index (κ3) is 3.07. The number of hydrogen-bond acceptors (Lipinski definition) is 4. The number of hydrogen-bond donors (Lipinski definition) is 1. The smallest absolute Gasteiger partial charge is 0.246 e. The van der Waals surface area contributed by atoms with E-state index in [2.05, 4.69) is 0 Å². The number of benzene rings is 1. The fourth-order valence-corrected chi connectivity index (χ4v) is 5.31. The molecule has 5 nitrogen and oxygen atoms in total. The Labute approximate surface area is 146 Å². The second-order valence-electron chi connectivity index (χ2n) is 6.20. The Kier molecular flexibility index (Phi) is 4.57. The average Bonchev–Trinajstić information content (AvgIpc) is 3.29. The van der Waals surface area contributed by atoms with Crippen molar-refractivity contribution < 1.29 is 18.3 Å². The van der Waals surface area contributed by atoms with Crippen LogP contribution >= 0.6 is 23.2 Å². The third-order valence-corrected chi connectivity index (χ3v) is 7.42. The van der Waals surface area contributed by atoms with Gasteiger partial charge < -0.3 is 9.84 Å². The lowest BCUT2D eigenvalue weighted by Gasteiger charge is -2.34. The maximum atomic E-state index is 13.0. The first-order valence-electron chi connectivity index (χ1n) is 7.54. The van der Waals surface area contributed by atoms with E-state index in [9.17, 15) is 13.5 Å². The molecule has 0 radical (unpaired) electrons. The monoisotopic (exact) mass is 379 g/mol. The number of nitrogens with zero attached hydrogens (tertiary/aromatic N) is 1. The van der Waals surface area contributed by atoms with E-state index in [4.69, 9.17) is 27.9 Å². The van der Waals surface area contributed by atoms with E-state index in [0.29, 0.717) is 13.1 Å². The van der Waals surface area contributed by atoms with Crippen molar-refractivity contribution >= 4 is 33.2 Å². The van der Waals surface area contributed by atoms with Gasteiger partial charge in [-0.3, -0.25) is 0 Å². The first-order chi connectivity index (χ1) is 10.8. The minimum atomic E-state index is -3.76. The Hall–Kier alpha value is -0.530. The van der Waals surface area contributed by atoms with Crippen LogP contribution in [0.1, 0.15) is 25.7 Å². The summed E-state index contributed by atoms with van der Waals surface area (Å²) in [5, 5.41) is 10.6. The zero-order chi connectivity index (χ0) is 16.8. The van der Waals surface area contributed by atoms with Crippen LogP contribution in [0.25, 0.3) is 0 Å². The predicted molar refractivity (Wildman–Crippen MR) is 88.7 cm³/mol. The first kappa shape index (κ1) is 17.3. The fraction of sp³-hybridized carbons (Fsp3) is 0.600. The van der Waals surface area contributed by atoms with Gasteiger partial charge in [-0.2, -0.15) is 4.31 Å². The molecule has 8 heteroatoms. The molecule has 1 heterocycles. The largest absolute Gasteiger partial charge is 0.494 e. The minimum Gasteiger partial charge on any atom is -0.494 e. The van der Waals surface area contributed by atoms with Crippen molar-refractivity contribution in [1.29, 1.82) is 0 Å². The van der Waals surface area contributed by atoms with Crippen LogP contribution in [0.3, 0.4) is 0 Å². The van der Waals surface area contributed by atoms with E-state index in [1.807, 2.05) is 0 Å². The Balaban J connectivity index is 1.94. The van der Waals surface area contributed by atoms with E-state index in [1.165, 1.54) is 23.5 Å². The van der Waals surface area contributed by atoms with Gasteiger partial charge in [0.2, 0.25) is 10.0 Å². The minimum absolute atomic E-state index is 0.0119. The van der Waals surface area contributed by atoms with Crippen molar-refractivity contribution in [2.75, 3.05) is 20.2 Å². The number of aliphatic hydroxyl groups is 1. The van der Waals surface area contributed by atoms with Crippen LogP contribution in [0.4, 0.5) is 0 Å². The van der Waals surface area contributed by atoms with E-state index < -0.39 is 15.6 Å². The van der Waals surface area contributed by atoms with Gasteiger partial charge in [0.15, 0.2) is 5.75 Å². The Morgan fingerprint density at radius 3 is 2.65 bits per heavy atom. The fourth-order valence-electron chi connectivity index (χ4n) is 3.18. The van der Waals surface area contributed by atoms with Crippen molar-refractivity contribution in [3.63, 3.8) is 0 Å². The van der Waals surface area contributed by atoms with Gasteiger partial charge in [0.1, 0.15) is 9.92 Å². The Morgan fingerprint density at radius 2 is 2.04 bits per heavy atom. The molecule has 1 saturated carbocycles. The average molecular weight is 380 g/mol. The van der Waals surface area contributed by atoms with Gasteiger partial charge in [0.25, 0.3) is 0 Å². The summed E-state index contributed by atoms with van der Waals surface area (Å²) in [6.45, 7) is 0.751. The lowest BCUT2D eigenvalue weighted by atomic mass is 9.92. The summed E-state index contributed by atoms with van der Waals surface area (Å²) >= 11 is 12.0. The zero-order valence-corrected chi connectivity index (χ0v) is 15.1. The molecule has 1 unspecified atom stereocenters. The number of sulfonamides is 1. The molecule has 1 aromatic rings. The van der Waals surface area contributed by atoms with Crippen LogP contribution in [-0.4, -0.2) is 43.6 Å². The molecule has 1 aliphatic carbocycles. The van der Waals surface area contributed by atoms with E-state index >= 15 is 0 Å². The SMILES string of the molecule is COc1c(S(=O)(=O)N2CCCC(C3(O)CC3)C2)ccc(Cl)c1Cl. The molecule has 1 N–H and O–H groups in total. The highest BCUT2D eigenvalue weighted by atomic mass is 35.5. The van der Waals surface area contributed by atoms with Gasteiger partial charge in [-0.25, -0.2) is 8.42 Å². The molecule has 0 aromatic heterocycles. The molecular weight excluding hydrogens is 361 g/mol. The summed E-state index contributed by atoms with van der Waals surface area (Å²) in [5.41, 5.74) is -0.685. The number of piperidine rings is 1. The molecule has 2 fully saturated rings. The van der Waals surface area contributed by atoms with Crippen LogP contribution in [0, 0.1) is 5.92 Å². The molecule has 128 valence electrons. The maximum Gasteiger partial charge on any atom is 0.246 e. The van der Waals surface area contributed by atoms with Gasteiger partial charge in [0, 0.05) is 19.0 Å². The highest BCUT2D eigenvalue weighted by molar-refractivity contribution is 7.89. The van der Waals surface area contributed by atoms with Gasteiger partial charge in [-0.1, -0.05) is 23.2 Å². The van der Waals surface area contributed by atoms with Crippen molar-refractivity contribution in [1.82, 2.24) is 4.31 Å². The van der Waals surface area contributed by atoms with Crippen LogP contribution in [0.5, 0.6) is 5.75 Å². The maximum absolute atomic E-state index is 13.0. The number of methoxy groups -OCH3 is 1. The standard InChI is InChI=1S/C15H19Cl2NO4S/c1-22-14-12(5-4-11(16)13(14)17)23(20,21)18-8-2-3-10(9-18)15(19)6-7-15/h4-5,10,19H,2-3,6-9H2,1H3. The van der Waals surface area contributed by atoms with Crippen molar-refractivity contribution in [2.45, 2.75) is 36.2 Å². The van der Waals surface area contributed by atoms with Crippen LogP contribution < -0.4 is 4.74 Å². The lowest BCUT2D eigenvalue weighted by molar-refractivity contribution is 0.0514. The molecule has 0 spiro atoms. The van der Waals surface area contributed by atoms with Crippen LogP contribution in [0.2, 0.25) is 10.0 Å². The van der Waals surface area contributed by atoms with Crippen LogP contribution in [0.15, 0.2) is 17.0 Å². The second-order valence-corrected chi connectivity index (χ2v) is 8.89. The van der Waals surface area contributed by atoms with Crippen molar-refractivity contribution in [2.24, 2.45) is 5.92 Å². The predicted octanol–water partition coefficient (Wildman–Crippen LogP) is 2.93. The van der Waals surface area contributed by atoms with E-state index in [1.54, 1.807) is 0 Å². The van der Waals surface area contributed by atoms with Gasteiger partial charge in [-0.05, 0) is 37.8 Å². The number of halogens is 2. The first-order valence-corrected chi connectivity index (χ1v) is 9.74. The zero-order valence-electron chi connectivity index (χ0n) is 12.8. The quantitative estimate of drug-likeness (QED) is 0.872. The number of rotatable bonds is 4. The molecule has 0 amide bonds. The van der Waals surface area contributed by atoms with Crippen molar-refractivity contribution in [3.05, 3.63) is 22.2 Å². The summed E-state index contributed by atoms with van der Waals surface area (Å²) in [5.74, 6) is 0.0474.